The summed E-state index contributed by atoms with van der Waals surface area (Å²) < 4.78 is 16.5. The molecule has 4 aliphatic carbocycles. The fourth-order valence-electron chi connectivity index (χ4n) is 7.05. The van der Waals surface area contributed by atoms with Crippen molar-refractivity contribution in [3.05, 3.63) is 42.2 Å². The van der Waals surface area contributed by atoms with Crippen molar-refractivity contribution in [3.8, 4) is 17.4 Å². The molecule has 1 amide bonds. The summed E-state index contributed by atoms with van der Waals surface area (Å²) in [5.41, 5.74) is 1.95. The molecule has 0 aliphatic heterocycles. The van der Waals surface area contributed by atoms with Crippen molar-refractivity contribution in [2.75, 3.05) is 18.6 Å². The number of carbonyl (C=O) groups is 1. The standard InChI is InChI=1S/C30H38N4O4/c1-21-32-27(38-33-21)30-14-11-29(12-15-30,13-16-30)20-34(26(35)17-22-7-4-3-5-8-22)24-10-6-9-23(18-24)25-19-31-28(36-2)37-25/h6,9-10,18-19,22H,3-5,7-8,11-17,20H2,1-2H3. The van der Waals surface area contributed by atoms with Crippen molar-refractivity contribution in [3.63, 3.8) is 0 Å². The van der Waals surface area contributed by atoms with Crippen molar-refractivity contribution in [1.29, 1.82) is 0 Å². The van der Waals surface area contributed by atoms with Crippen LogP contribution in [-0.2, 0) is 10.2 Å². The zero-order chi connectivity index (χ0) is 26.2. The van der Waals surface area contributed by atoms with Crippen LogP contribution >= 0.6 is 0 Å². The minimum Gasteiger partial charge on any atom is -0.454 e. The lowest BCUT2D eigenvalue weighted by Gasteiger charge is -2.53. The van der Waals surface area contributed by atoms with Gasteiger partial charge in [0.05, 0.1) is 13.3 Å². The number of benzene rings is 1. The lowest BCUT2D eigenvalue weighted by Crippen LogP contribution is -2.51. The fourth-order valence-corrected chi connectivity index (χ4v) is 7.05. The van der Waals surface area contributed by atoms with Gasteiger partial charge in [-0.1, -0.05) is 36.6 Å². The molecule has 4 saturated carbocycles. The minimum absolute atomic E-state index is 0.00516. The Balaban J connectivity index is 1.26. The lowest BCUT2D eigenvalue weighted by atomic mass is 9.53. The number of amides is 1. The van der Waals surface area contributed by atoms with Gasteiger partial charge in [0.1, 0.15) is 0 Å². The average molecular weight is 519 g/mol. The molecule has 8 nitrogen and oxygen atoms in total. The molecule has 1 aromatic carbocycles. The summed E-state index contributed by atoms with van der Waals surface area (Å²) in [6.45, 7) is 2.64. The van der Waals surface area contributed by atoms with Gasteiger partial charge in [-0.3, -0.25) is 4.79 Å². The van der Waals surface area contributed by atoms with Crippen molar-refractivity contribution < 1.29 is 18.5 Å². The zero-order valence-electron chi connectivity index (χ0n) is 22.6. The summed E-state index contributed by atoms with van der Waals surface area (Å²) in [5, 5.41) is 4.07. The zero-order valence-corrected chi connectivity index (χ0v) is 22.6. The fraction of sp³-hybridized carbons (Fsp3) is 0.600. The largest absolute Gasteiger partial charge is 0.454 e. The van der Waals surface area contributed by atoms with E-state index in [2.05, 4.69) is 32.2 Å². The van der Waals surface area contributed by atoms with E-state index in [1.165, 1.54) is 19.3 Å². The molecule has 202 valence electrons. The van der Waals surface area contributed by atoms with E-state index in [-0.39, 0.29) is 22.8 Å². The maximum Gasteiger partial charge on any atom is 0.393 e. The number of hydrogen-bond acceptors (Lipinski definition) is 7. The lowest BCUT2D eigenvalue weighted by molar-refractivity contribution is -0.120. The molecule has 0 unspecified atom stereocenters. The second-order valence-electron chi connectivity index (χ2n) is 11.9. The number of aromatic nitrogens is 3. The molecule has 0 saturated heterocycles. The highest BCUT2D eigenvalue weighted by molar-refractivity contribution is 5.94. The van der Waals surface area contributed by atoms with Crippen LogP contribution in [-0.4, -0.2) is 34.7 Å². The first-order valence-electron chi connectivity index (χ1n) is 14.2. The van der Waals surface area contributed by atoms with E-state index < -0.39 is 0 Å². The molecule has 0 spiro atoms. The molecule has 2 heterocycles. The highest BCUT2D eigenvalue weighted by Crippen LogP contribution is 2.58. The summed E-state index contributed by atoms with van der Waals surface area (Å²) in [6.07, 6.45) is 15.0. The Kier molecular flexibility index (Phi) is 6.74. The Labute approximate surface area is 224 Å². The molecule has 4 aliphatic rings. The molecular weight excluding hydrogens is 480 g/mol. The maximum absolute atomic E-state index is 14.0. The van der Waals surface area contributed by atoms with Gasteiger partial charge in [0, 0.05) is 29.6 Å². The second kappa shape index (κ2) is 10.2. The third-order valence-electron chi connectivity index (χ3n) is 9.47. The normalized spacial score (nSPS) is 25.4. The van der Waals surface area contributed by atoms with Gasteiger partial charge >= 0.3 is 6.08 Å². The van der Waals surface area contributed by atoms with Crippen LogP contribution < -0.4 is 9.64 Å². The number of aryl methyl sites for hydroxylation is 1. The molecule has 3 aromatic rings. The number of methoxy groups -OCH3 is 1. The third-order valence-corrected chi connectivity index (χ3v) is 9.47. The van der Waals surface area contributed by atoms with Gasteiger partial charge in [-0.2, -0.15) is 9.97 Å². The first-order chi connectivity index (χ1) is 18.5. The van der Waals surface area contributed by atoms with Crippen molar-refractivity contribution in [2.45, 2.75) is 89.4 Å². The van der Waals surface area contributed by atoms with Gasteiger partial charge in [0.2, 0.25) is 11.8 Å². The Hall–Kier alpha value is -3.16. The van der Waals surface area contributed by atoms with Crippen LogP contribution in [0.1, 0.15) is 88.8 Å². The van der Waals surface area contributed by atoms with Gasteiger partial charge in [-0.05, 0) is 81.8 Å². The number of oxazole rings is 1. The topological polar surface area (TPSA) is 94.5 Å². The Morgan fingerprint density at radius 1 is 1.11 bits per heavy atom. The van der Waals surface area contributed by atoms with Crippen LogP contribution in [0.3, 0.4) is 0 Å². The smallest absolute Gasteiger partial charge is 0.393 e. The van der Waals surface area contributed by atoms with Crippen LogP contribution in [0.4, 0.5) is 5.69 Å². The molecule has 2 aromatic heterocycles. The molecule has 0 atom stereocenters. The average Bonchev–Trinajstić information content (AvgIpc) is 3.63. The third kappa shape index (κ3) is 4.85. The van der Waals surface area contributed by atoms with Gasteiger partial charge in [-0.25, -0.2) is 0 Å². The summed E-state index contributed by atoms with van der Waals surface area (Å²) in [4.78, 5) is 24.8. The summed E-state index contributed by atoms with van der Waals surface area (Å²) >= 11 is 0. The number of fused-ring (bicyclic) bond motifs is 3. The SMILES string of the molecule is COc1ncc(-c2cccc(N(CC34CCC(c5nc(C)no5)(CC3)CC4)C(=O)CC3CCCCC3)c2)o1. The molecule has 8 heteroatoms. The van der Waals surface area contributed by atoms with Crippen LogP contribution in [0.2, 0.25) is 0 Å². The van der Waals surface area contributed by atoms with E-state index in [4.69, 9.17) is 13.7 Å². The van der Waals surface area contributed by atoms with E-state index >= 15 is 0 Å². The number of nitrogens with zero attached hydrogens (tertiary/aromatic N) is 4. The van der Waals surface area contributed by atoms with E-state index in [9.17, 15) is 4.79 Å². The van der Waals surface area contributed by atoms with Crippen molar-refractivity contribution in [2.24, 2.45) is 11.3 Å². The number of carbonyl (C=O) groups excluding carboxylic acids is 1. The first-order valence-corrected chi connectivity index (χ1v) is 14.2. The second-order valence-corrected chi connectivity index (χ2v) is 11.9. The molecule has 7 rings (SSSR count). The summed E-state index contributed by atoms with van der Waals surface area (Å²) in [6, 6.07) is 8.12. The summed E-state index contributed by atoms with van der Waals surface area (Å²) in [5.74, 6) is 2.89. The number of hydrogen-bond donors (Lipinski definition) is 0. The van der Waals surface area contributed by atoms with Crippen molar-refractivity contribution >= 4 is 11.6 Å². The van der Waals surface area contributed by atoms with E-state index in [0.717, 1.165) is 75.1 Å². The van der Waals surface area contributed by atoms with E-state index in [0.29, 0.717) is 23.9 Å². The summed E-state index contributed by atoms with van der Waals surface area (Å²) in [7, 11) is 1.54. The predicted octanol–water partition coefficient (Wildman–Crippen LogP) is 6.64. The predicted molar refractivity (Wildman–Crippen MR) is 143 cm³/mol. The molecule has 0 radical (unpaired) electrons. The van der Waals surface area contributed by atoms with Gasteiger partial charge in [0.25, 0.3) is 0 Å². The van der Waals surface area contributed by atoms with Crippen LogP contribution in [0.5, 0.6) is 6.08 Å². The molecule has 2 bridgehead atoms. The molecular formula is C30H38N4O4. The minimum atomic E-state index is 0.00516. The molecule has 38 heavy (non-hydrogen) atoms. The monoisotopic (exact) mass is 518 g/mol. The van der Waals surface area contributed by atoms with Crippen LogP contribution in [0.15, 0.2) is 39.4 Å². The highest BCUT2D eigenvalue weighted by Gasteiger charge is 2.53. The Morgan fingerprint density at radius 3 is 2.53 bits per heavy atom. The van der Waals surface area contributed by atoms with E-state index in [1.807, 2.05) is 19.1 Å². The Morgan fingerprint density at radius 2 is 1.87 bits per heavy atom. The van der Waals surface area contributed by atoms with Gasteiger partial charge in [-0.15, -0.1) is 0 Å². The highest BCUT2D eigenvalue weighted by atomic mass is 16.6. The van der Waals surface area contributed by atoms with Gasteiger partial charge < -0.3 is 18.6 Å². The van der Waals surface area contributed by atoms with Crippen LogP contribution in [0, 0.1) is 18.3 Å². The van der Waals surface area contributed by atoms with E-state index in [1.54, 1.807) is 13.3 Å². The number of rotatable bonds is 8. The maximum atomic E-state index is 14.0. The quantitative estimate of drug-likeness (QED) is 0.330. The Bertz CT molecular complexity index is 1250. The molecule has 0 N–H and O–H groups in total. The van der Waals surface area contributed by atoms with Crippen LogP contribution in [0.25, 0.3) is 11.3 Å². The first kappa shape index (κ1) is 25.1. The van der Waals surface area contributed by atoms with Gasteiger partial charge in [0.15, 0.2) is 11.6 Å². The number of ether oxygens (including phenoxy) is 1. The molecule has 4 fully saturated rings. The van der Waals surface area contributed by atoms with Crippen molar-refractivity contribution in [1.82, 2.24) is 15.1 Å². The number of anilines is 1.